The van der Waals surface area contributed by atoms with E-state index >= 15 is 0 Å². The van der Waals surface area contributed by atoms with Gasteiger partial charge in [-0.05, 0) is 54.7 Å². The summed E-state index contributed by atoms with van der Waals surface area (Å²) in [5.74, 6) is 1.73. The summed E-state index contributed by atoms with van der Waals surface area (Å²) in [5.41, 5.74) is 2.51. The zero-order valence-corrected chi connectivity index (χ0v) is 20.5. The van der Waals surface area contributed by atoms with Crippen molar-refractivity contribution in [1.82, 2.24) is 15.5 Å². The van der Waals surface area contributed by atoms with Crippen molar-refractivity contribution in [2.24, 2.45) is 4.99 Å². The number of aliphatic imine (C=N–C) groups is 1. The Balaban J connectivity index is 0.00000392. The lowest BCUT2D eigenvalue weighted by Gasteiger charge is -2.18. The van der Waals surface area contributed by atoms with E-state index in [4.69, 9.17) is 4.74 Å². The smallest absolute Gasteiger partial charge is 0.191 e. The highest BCUT2D eigenvalue weighted by Crippen LogP contribution is 2.15. The summed E-state index contributed by atoms with van der Waals surface area (Å²) in [6.45, 7) is 11.8. The van der Waals surface area contributed by atoms with E-state index in [1.165, 1.54) is 16.0 Å². The fourth-order valence-corrected chi connectivity index (χ4v) is 3.54. The van der Waals surface area contributed by atoms with Crippen LogP contribution in [-0.4, -0.2) is 44.1 Å². The van der Waals surface area contributed by atoms with E-state index < -0.39 is 0 Å². The molecule has 1 heterocycles. The number of benzene rings is 1. The van der Waals surface area contributed by atoms with Gasteiger partial charge in [-0.2, -0.15) is 0 Å². The van der Waals surface area contributed by atoms with Gasteiger partial charge in [-0.3, -0.25) is 4.99 Å². The minimum atomic E-state index is 0. The Morgan fingerprint density at radius 3 is 2.32 bits per heavy atom. The average Bonchev–Trinajstić information content (AvgIpc) is 3.11. The molecule has 2 rings (SSSR count). The molecule has 0 fully saturated rings. The molecule has 5 nitrogen and oxygen atoms in total. The van der Waals surface area contributed by atoms with Gasteiger partial charge in [0, 0.05) is 25.0 Å². The SMILES string of the molecule is CCN(CC)CCOc1ccc(CNC(=NC)NCc2sccc2C)cc1.I. The second kappa shape index (κ2) is 13.8. The Labute approximate surface area is 190 Å². The Kier molecular flexibility index (Phi) is 12.2. The molecule has 0 atom stereocenters. The highest BCUT2D eigenvalue weighted by Gasteiger charge is 2.03. The Morgan fingerprint density at radius 1 is 1.07 bits per heavy atom. The van der Waals surface area contributed by atoms with Crippen LogP contribution < -0.4 is 15.4 Å². The van der Waals surface area contributed by atoms with Gasteiger partial charge in [-0.1, -0.05) is 26.0 Å². The van der Waals surface area contributed by atoms with Gasteiger partial charge in [0.25, 0.3) is 0 Å². The highest BCUT2D eigenvalue weighted by atomic mass is 127. The molecule has 0 saturated heterocycles. The molecule has 2 N–H and O–H groups in total. The van der Waals surface area contributed by atoms with Crippen molar-refractivity contribution in [1.29, 1.82) is 0 Å². The standard InChI is InChI=1S/C21H32N4OS.HI/c1-5-25(6-2)12-13-26-19-9-7-18(8-10-19)15-23-21(22-4)24-16-20-17(3)11-14-27-20;/h7-11,14H,5-6,12-13,15-16H2,1-4H3,(H2,22,23,24);1H. The van der Waals surface area contributed by atoms with Crippen molar-refractivity contribution >= 4 is 41.3 Å². The Morgan fingerprint density at radius 2 is 1.75 bits per heavy atom. The first-order valence-corrected chi connectivity index (χ1v) is 10.5. The molecule has 0 aliphatic heterocycles. The molecule has 0 radical (unpaired) electrons. The lowest BCUT2D eigenvalue weighted by molar-refractivity contribution is 0.223. The number of rotatable bonds is 10. The molecule has 2 aromatic rings. The van der Waals surface area contributed by atoms with Crippen molar-refractivity contribution in [2.45, 2.75) is 33.9 Å². The highest BCUT2D eigenvalue weighted by molar-refractivity contribution is 14.0. The third-order valence-electron chi connectivity index (χ3n) is 4.56. The quantitative estimate of drug-likeness (QED) is 0.282. The summed E-state index contributed by atoms with van der Waals surface area (Å²) < 4.78 is 5.84. The number of nitrogens with one attached hydrogen (secondary N) is 2. The van der Waals surface area contributed by atoms with Crippen LogP contribution >= 0.6 is 35.3 Å². The van der Waals surface area contributed by atoms with Gasteiger partial charge in [0.1, 0.15) is 12.4 Å². The van der Waals surface area contributed by atoms with E-state index in [1.807, 2.05) is 12.1 Å². The van der Waals surface area contributed by atoms with E-state index in [0.717, 1.165) is 51.0 Å². The van der Waals surface area contributed by atoms with Crippen molar-refractivity contribution in [3.63, 3.8) is 0 Å². The van der Waals surface area contributed by atoms with Crippen LogP contribution in [0.15, 0.2) is 40.7 Å². The van der Waals surface area contributed by atoms with Crippen LogP contribution in [-0.2, 0) is 13.1 Å². The number of guanidine groups is 1. The maximum Gasteiger partial charge on any atom is 0.191 e. The van der Waals surface area contributed by atoms with Crippen molar-refractivity contribution < 1.29 is 4.74 Å². The number of aryl methyl sites for hydroxylation is 1. The molecule has 156 valence electrons. The van der Waals surface area contributed by atoms with E-state index in [0.29, 0.717) is 0 Å². The summed E-state index contributed by atoms with van der Waals surface area (Å²) in [5, 5.41) is 8.84. The lowest BCUT2D eigenvalue weighted by Crippen LogP contribution is -2.36. The zero-order valence-electron chi connectivity index (χ0n) is 17.3. The van der Waals surface area contributed by atoms with Gasteiger partial charge in [-0.15, -0.1) is 35.3 Å². The molecule has 1 aromatic carbocycles. The minimum Gasteiger partial charge on any atom is -0.492 e. The molecule has 0 unspecified atom stereocenters. The molecule has 0 bridgehead atoms. The van der Waals surface area contributed by atoms with Crippen LogP contribution in [0.4, 0.5) is 0 Å². The summed E-state index contributed by atoms with van der Waals surface area (Å²) in [7, 11) is 1.80. The van der Waals surface area contributed by atoms with E-state index in [-0.39, 0.29) is 24.0 Å². The van der Waals surface area contributed by atoms with Crippen LogP contribution in [0.1, 0.15) is 29.9 Å². The Hall–Kier alpha value is -1.32. The number of nitrogens with zero attached hydrogens (tertiary/aromatic N) is 2. The summed E-state index contributed by atoms with van der Waals surface area (Å²) in [6.07, 6.45) is 0. The van der Waals surface area contributed by atoms with Crippen molar-refractivity contribution in [2.75, 3.05) is 33.3 Å². The molecule has 7 heteroatoms. The predicted octanol–water partition coefficient (Wildman–Crippen LogP) is 4.26. The first-order valence-electron chi connectivity index (χ1n) is 9.57. The predicted molar refractivity (Wildman–Crippen MR) is 131 cm³/mol. The molecular formula is C21H33IN4OS. The fourth-order valence-electron chi connectivity index (χ4n) is 2.69. The van der Waals surface area contributed by atoms with Gasteiger partial charge >= 0.3 is 0 Å². The minimum absolute atomic E-state index is 0. The molecule has 0 amide bonds. The first kappa shape index (κ1) is 24.7. The van der Waals surface area contributed by atoms with E-state index in [1.54, 1.807) is 18.4 Å². The van der Waals surface area contributed by atoms with Gasteiger partial charge in [0.2, 0.25) is 0 Å². The molecule has 1 aromatic heterocycles. The summed E-state index contributed by atoms with van der Waals surface area (Å²) >= 11 is 1.77. The topological polar surface area (TPSA) is 48.9 Å². The van der Waals surface area contributed by atoms with Crippen molar-refractivity contribution in [3.05, 3.63) is 51.7 Å². The normalized spacial score (nSPS) is 11.2. The number of hydrogen-bond donors (Lipinski definition) is 2. The second-order valence-electron chi connectivity index (χ2n) is 6.33. The number of ether oxygens (including phenoxy) is 1. The van der Waals surface area contributed by atoms with E-state index in [2.05, 4.69) is 64.9 Å². The van der Waals surface area contributed by atoms with Gasteiger partial charge in [0.15, 0.2) is 5.96 Å². The van der Waals surface area contributed by atoms with Gasteiger partial charge in [-0.25, -0.2) is 0 Å². The van der Waals surface area contributed by atoms with Gasteiger partial charge in [0.05, 0.1) is 6.54 Å². The third kappa shape index (κ3) is 8.36. The zero-order chi connectivity index (χ0) is 19.5. The maximum absolute atomic E-state index is 5.84. The van der Waals surface area contributed by atoms with Crippen LogP contribution in [0.25, 0.3) is 0 Å². The monoisotopic (exact) mass is 516 g/mol. The summed E-state index contributed by atoms with van der Waals surface area (Å²) in [6, 6.07) is 10.4. The summed E-state index contributed by atoms with van der Waals surface area (Å²) in [4.78, 5) is 7.99. The number of thiophene rings is 1. The number of hydrogen-bond acceptors (Lipinski definition) is 4. The van der Waals surface area contributed by atoms with Crippen LogP contribution in [0.3, 0.4) is 0 Å². The first-order chi connectivity index (χ1) is 13.2. The van der Waals surface area contributed by atoms with E-state index in [9.17, 15) is 0 Å². The molecule has 0 aliphatic carbocycles. The second-order valence-corrected chi connectivity index (χ2v) is 7.33. The van der Waals surface area contributed by atoms with Gasteiger partial charge < -0.3 is 20.3 Å². The lowest BCUT2D eigenvalue weighted by atomic mass is 10.2. The molecule has 0 saturated carbocycles. The largest absolute Gasteiger partial charge is 0.492 e. The van der Waals surface area contributed by atoms with Crippen molar-refractivity contribution in [3.8, 4) is 5.75 Å². The number of halogens is 1. The fraction of sp³-hybridized carbons (Fsp3) is 0.476. The third-order valence-corrected chi connectivity index (χ3v) is 5.59. The molecule has 28 heavy (non-hydrogen) atoms. The Bertz CT molecular complexity index is 699. The average molecular weight is 516 g/mol. The van der Waals surface area contributed by atoms with Crippen LogP contribution in [0, 0.1) is 6.92 Å². The number of likely N-dealkylation sites (N-methyl/N-ethyl adjacent to an activating group) is 1. The van der Waals surface area contributed by atoms with Crippen LogP contribution in [0.5, 0.6) is 5.75 Å². The maximum atomic E-state index is 5.84. The molecule has 0 spiro atoms. The molecular weight excluding hydrogens is 483 g/mol. The molecule has 0 aliphatic rings. The van der Waals surface area contributed by atoms with Crippen LogP contribution in [0.2, 0.25) is 0 Å².